The third kappa shape index (κ3) is 5.83. The molecule has 0 unspecified atom stereocenters. The quantitative estimate of drug-likeness (QED) is 0.386. The second-order valence-electron chi connectivity index (χ2n) is 4.90. The number of benzene rings is 1. The van der Waals surface area contributed by atoms with E-state index in [9.17, 15) is 31.7 Å². The van der Waals surface area contributed by atoms with Gasteiger partial charge in [-0.05, 0) is 12.1 Å². The van der Waals surface area contributed by atoms with Crippen molar-refractivity contribution in [3.05, 3.63) is 33.9 Å². The molecule has 142 valence electrons. The zero-order valence-electron chi connectivity index (χ0n) is 13.6. The monoisotopic (exact) mass is 384 g/mol. The van der Waals surface area contributed by atoms with Gasteiger partial charge >= 0.3 is 6.18 Å². The highest BCUT2D eigenvalue weighted by atomic mass is 32.2. The molecular formula is C13H19F3N4O4S. The average molecular weight is 384 g/mol. The normalized spacial score (nSPS) is 12.4. The van der Waals surface area contributed by atoms with Crippen molar-refractivity contribution in [2.24, 2.45) is 0 Å². The van der Waals surface area contributed by atoms with Crippen LogP contribution in [0.5, 0.6) is 0 Å². The van der Waals surface area contributed by atoms with E-state index >= 15 is 0 Å². The topological polar surface area (TPSA) is 105 Å². The number of nitrogens with zero attached hydrogens (tertiary/aromatic N) is 2. The molecule has 0 aromatic heterocycles. The molecule has 0 spiro atoms. The molecule has 12 heteroatoms. The van der Waals surface area contributed by atoms with E-state index in [0.717, 1.165) is 12.1 Å². The van der Waals surface area contributed by atoms with Crippen molar-refractivity contribution in [2.75, 3.05) is 31.5 Å². The van der Waals surface area contributed by atoms with Crippen LogP contribution in [0.2, 0.25) is 0 Å². The van der Waals surface area contributed by atoms with Gasteiger partial charge in [0.25, 0.3) is 15.9 Å². The van der Waals surface area contributed by atoms with Crippen molar-refractivity contribution in [2.45, 2.75) is 20.0 Å². The summed E-state index contributed by atoms with van der Waals surface area (Å²) in [7, 11) is -3.67. The van der Waals surface area contributed by atoms with Crippen LogP contribution in [0.3, 0.4) is 0 Å². The molecule has 2 N–H and O–H groups in total. The molecule has 0 amide bonds. The lowest BCUT2D eigenvalue weighted by molar-refractivity contribution is -0.384. The summed E-state index contributed by atoms with van der Waals surface area (Å²) in [5.74, 6) is 0. The van der Waals surface area contributed by atoms with Gasteiger partial charge in [-0.15, -0.1) is 0 Å². The van der Waals surface area contributed by atoms with Crippen LogP contribution in [0.15, 0.2) is 18.2 Å². The third-order valence-electron chi connectivity index (χ3n) is 3.29. The van der Waals surface area contributed by atoms with E-state index in [0.29, 0.717) is 6.07 Å². The van der Waals surface area contributed by atoms with Crippen molar-refractivity contribution in [3.8, 4) is 0 Å². The number of nitrogens with one attached hydrogen (secondary N) is 2. The van der Waals surface area contributed by atoms with Crippen LogP contribution in [0.25, 0.3) is 0 Å². The molecule has 1 aromatic rings. The molecule has 25 heavy (non-hydrogen) atoms. The molecule has 0 aliphatic rings. The van der Waals surface area contributed by atoms with Crippen molar-refractivity contribution in [1.29, 1.82) is 0 Å². The number of anilines is 1. The minimum absolute atomic E-state index is 0.0350. The number of nitro benzene ring substituents is 1. The molecule has 1 rings (SSSR count). The number of hydrogen-bond donors (Lipinski definition) is 2. The summed E-state index contributed by atoms with van der Waals surface area (Å²) in [4.78, 5) is 10.0. The molecule has 0 saturated heterocycles. The summed E-state index contributed by atoms with van der Waals surface area (Å²) in [6.45, 7) is 3.79. The van der Waals surface area contributed by atoms with Crippen LogP contribution in [0.4, 0.5) is 24.5 Å². The fourth-order valence-corrected chi connectivity index (χ4v) is 3.26. The summed E-state index contributed by atoms with van der Waals surface area (Å²) in [6, 6.07) is 2.09. The van der Waals surface area contributed by atoms with E-state index in [-0.39, 0.29) is 31.9 Å². The predicted molar refractivity (Wildman–Crippen MR) is 86.4 cm³/mol. The average Bonchev–Trinajstić information content (AvgIpc) is 2.51. The molecule has 0 atom stereocenters. The first-order chi connectivity index (χ1) is 11.5. The number of halogens is 3. The van der Waals surface area contributed by atoms with Crippen molar-refractivity contribution in [1.82, 2.24) is 9.03 Å². The molecule has 0 fully saturated rings. The Hall–Kier alpha value is -1.92. The van der Waals surface area contributed by atoms with Gasteiger partial charge in [0.15, 0.2) is 0 Å². The number of nitro groups is 1. The highest BCUT2D eigenvalue weighted by molar-refractivity contribution is 7.87. The maximum Gasteiger partial charge on any atom is 0.416 e. The molecule has 0 aliphatic carbocycles. The van der Waals surface area contributed by atoms with Crippen LogP contribution in [-0.2, 0) is 16.4 Å². The largest absolute Gasteiger partial charge is 0.416 e. The van der Waals surface area contributed by atoms with Gasteiger partial charge in [0.1, 0.15) is 5.69 Å². The first kappa shape index (κ1) is 21.1. The van der Waals surface area contributed by atoms with Crippen LogP contribution in [0, 0.1) is 10.1 Å². The minimum Gasteiger partial charge on any atom is -0.378 e. The third-order valence-corrected chi connectivity index (χ3v) is 5.06. The SMILES string of the molecule is CCN(CC)S(=O)(=O)NCCNc1ccc(C(F)(F)F)cc1[N+](=O)[O-]. The van der Waals surface area contributed by atoms with Crippen LogP contribution < -0.4 is 10.0 Å². The van der Waals surface area contributed by atoms with Crippen molar-refractivity contribution < 1.29 is 26.5 Å². The van der Waals surface area contributed by atoms with Gasteiger partial charge in [-0.1, -0.05) is 13.8 Å². The molecule has 0 heterocycles. The van der Waals surface area contributed by atoms with Gasteiger partial charge in [-0.25, -0.2) is 4.72 Å². The molecule has 0 bridgehead atoms. The van der Waals surface area contributed by atoms with E-state index in [2.05, 4.69) is 10.0 Å². The Balaban J connectivity index is 2.77. The lowest BCUT2D eigenvalue weighted by Gasteiger charge is -2.19. The second-order valence-corrected chi connectivity index (χ2v) is 6.65. The van der Waals surface area contributed by atoms with Gasteiger partial charge in [0, 0.05) is 32.2 Å². The molecule has 8 nitrogen and oxygen atoms in total. The lowest BCUT2D eigenvalue weighted by Crippen LogP contribution is -2.42. The van der Waals surface area contributed by atoms with Crippen LogP contribution in [-0.4, -0.2) is 43.8 Å². The smallest absolute Gasteiger partial charge is 0.378 e. The fourth-order valence-electron chi connectivity index (χ4n) is 2.04. The van der Waals surface area contributed by atoms with Crippen LogP contribution in [0.1, 0.15) is 19.4 Å². The first-order valence-corrected chi connectivity index (χ1v) is 8.81. The minimum atomic E-state index is -4.69. The molecule has 1 aromatic carbocycles. The Morgan fingerprint density at radius 1 is 1.20 bits per heavy atom. The summed E-state index contributed by atoms with van der Waals surface area (Å²) in [5.41, 5.74) is -1.99. The second kappa shape index (κ2) is 8.45. The first-order valence-electron chi connectivity index (χ1n) is 7.37. The number of rotatable bonds is 9. The van der Waals surface area contributed by atoms with E-state index in [1.807, 2.05) is 0 Å². The Labute approximate surface area is 143 Å². The van der Waals surface area contributed by atoms with Gasteiger partial charge < -0.3 is 5.32 Å². The number of alkyl halides is 3. The van der Waals surface area contributed by atoms with E-state index < -0.39 is 32.6 Å². The highest BCUT2D eigenvalue weighted by Gasteiger charge is 2.33. The van der Waals surface area contributed by atoms with Crippen molar-refractivity contribution in [3.63, 3.8) is 0 Å². The van der Waals surface area contributed by atoms with E-state index in [4.69, 9.17) is 0 Å². The lowest BCUT2D eigenvalue weighted by atomic mass is 10.1. The molecule has 0 radical (unpaired) electrons. The van der Waals surface area contributed by atoms with Crippen LogP contribution >= 0.6 is 0 Å². The van der Waals surface area contributed by atoms with Gasteiger partial charge in [-0.3, -0.25) is 10.1 Å². The Kier molecular flexibility index (Phi) is 7.14. The predicted octanol–water partition coefficient (Wildman–Crippen LogP) is 2.20. The van der Waals surface area contributed by atoms with Gasteiger partial charge in [0.2, 0.25) is 0 Å². The maximum absolute atomic E-state index is 12.6. The van der Waals surface area contributed by atoms with Crippen molar-refractivity contribution >= 4 is 21.6 Å². The molecule has 0 aliphatic heterocycles. The van der Waals surface area contributed by atoms with Gasteiger partial charge in [0.05, 0.1) is 10.5 Å². The van der Waals surface area contributed by atoms with Gasteiger partial charge in [-0.2, -0.15) is 25.9 Å². The zero-order chi connectivity index (χ0) is 19.3. The Bertz CT molecular complexity index is 706. The Morgan fingerprint density at radius 2 is 1.80 bits per heavy atom. The Morgan fingerprint density at radius 3 is 2.28 bits per heavy atom. The summed E-state index contributed by atoms with van der Waals surface area (Å²) in [6.07, 6.45) is -4.69. The number of hydrogen-bond acceptors (Lipinski definition) is 5. The summed E-state index contributed by atoms with van der Waals surface area (Å²) in [5, 5.41) is 13.5. The summed E-state index contributed by atoms with van der Waals surface area (Å²) >= 11 is 0. The standard InChI is InChI=1S/C13H19F3N4O4S/c1-3-19(4-2)25(23,24)18-8-7-17-11-6-5-10(13(14,15)16)9-12(11)20(21)22/h5-6,9,17-18H,3-4,7-8H2,1-2H3. The van der Waals surface area contributed by atoms with E-state index in [1.54, 1.807) is 13.8 Å². The fraction of sp³-hybridized carbons (Fsp3) is 0.538. The van der Waals surface area contributed by atoms with E-state index in [1.165, 1.54) is 4.31 Å². The maximum atomic E-state index is 12.6. The highest BCUT2D eigenvalue weighted by Crippen LogP contribution is 2.34. The zero-order valence-corrected chi connectivity index (χ0v) is 14.4. The molecular weight excluding hydrogens is 365 g/mol. The molecule has 0 saturated carbocycles. The summed E-state index contributed by atoms with van der Waals surface area (Å²) < 4.78 is 65.1.